The van der Waals surface area contributed by atoms with Gasteiger partial charge < -0.3 is 14.2 Å². The van der Waals surface area contributed by atoms with Gasteiger partial charge in [-0.2, -0.15) is 0 Å². The molecule has 2 unspecified atom stereocenters. The monoisotopic (exact) mass is 422 g/mol. The number of hydrogen-bond acceptors (Lipinski definition) is 3. The van der Waals surface area contributed by atoms with Crippen molar-refractivity contribution in [2.24, 2.45) is 0 Å². The number of para-hydroxylation sites is 1. The average molecular weight is 423 g/mol. The van der Waals surface area contributed by atoms with Gasteiger partial charge in [-0.05, 0) is 67.8 Å². The molecule has 6 heteroatoms. The zero-order valence-corrected chi connectivity index (χ0v) is 17.9. The number of carbonyl (C=O) groups is 2. The van der Waals surface area contributed by atoms with E-state index >= 15 is 0 Å². The van der Waals surface area contributed by atoms with E-state index in [1.807, 2.05) is 56.3 Å². The number of benzene rings is 2. The third kappa shape index (κ3) is 3.50. The summed E-state index contributed by atoms with van der Waals surface area (Å²) >= 11 is 6.20. The van der Waals surface area contributed by atoms with Gasteiger partial charge in [0.25, 0.3) is 5.91 Å². The fourth-order valence-electron chi connectivity index (χ4n) is 4.21. The molecule has 2 amide bonds. The molecular formula is C24H23ClN2O3. The van der Waals surface area contributed by atoms with Gasteiger partial charge in [-0.15, -0.1) is 0 Å². The van der Waals surface area contributed by atoms with Crippen LogP contribution in [-0.4, -0.2) is 17.9 Å². The molecule has 2 atom stereocenters. The summed E-state index contributed by atoms with van der Waals surface area (Å²) in [6.07, 6.45) is 2.10. The number of aryl methyl sites for hydroxylation is 1. The van der Waals surface area contributed by atoms with E-state index in [0.717, 1.165) is 22.5 Å². The molecule has 5 nitrogen and oxygen atoms in total. The lowest BCUT2D eigenvalue weighted by molar-refractivity contribution is -0.117. The van der Waals surface area contributed by atoms with Gasteiger partial charge in [-0.3, -0.25) is 9.59 Å². The molecule has 2 aromatic carbocycles. The van der Waals surface area contributed by atoms with Crippen molar-refractivity contribution < 1.29 is 14.0 Å². The van der Waals surface area contributed by atoms with E-state index in [2.05, 4.69) is 0 Å². The second-order valence-corrected chi connectivity index (χ2v) is 8.04. The fraction of sp³-hybridized carbons (Fsp3) is 0.250. The first-order valence-corrected chi connectivity index (χ1v) is 10.3. The van der Waals surface area contributed by atoms with E-state index in [4.69, 9.17) is 16.0 Å². The Morgan fingerprint density at radius 3 is 2.57 bits per heavy atom. The molecule has 1 aliphatic rings. The van der Waals surface area contributed by atoms with Gasteiger partial charge in [0.15, 0.2) is 5.76 Å². The van der Waals surface area contributed by atoms with Crippen LogP contribution in [0.25, 0.3) is 0 Å². The maximum atomic E-state index is 13.1. The Labute approximate surface area is 180 Å². The van der Waals surface area contributed by atoms with E-state index in [1.165, 1.54) is 6.26 Å². The molecule has 0 aliphatic carbocycles. The molecule has 0 bridgehead atoms. The molecule has 0 spiro atoms. The van der Waals surface area contributed by atoms with Crippen LogP contribution in [0.1, 0.15) is 48.0 Å². The minimum atomic E-state index is -0.199. The van der Waals surface area contributed by atoms with Crippen molar-refractivity contribution in [3.8, 4) is 0 Å². The van der Waals surface area contributed by atoms with Gasteiger partial charge in [0, 0.05) is 29.4 Å². The Kier molecular flexibility index (Phi) is 5.39. The molecule has 0 N–H and O–H groups in total. The molecule has 1 aromatic heterocycles. The first kappa shape index (κ1) is 20.2. The summed E-state index contributed by atoms with van der Waals surface area (Å²) in [5, 5.41) is 0.662. The normalized spacial score (nSPS) is 18.1. The van der Waals surface area contributed by atoms with Crippen molar-refractivity contribution >= 4 is 34.8 Å². The lowest BCUT2D eigenvalue weighted by atomic mass is 9.89. The molecule has 2 heterocycles. The molecule has 0 saturated carbocycles. The number of nitrogens with zero attached hydrogens (tertiary/aromatic N) is 2. The Morgan fingerprint density at radius 2 is 1.90 bits per heavy atom. The van der Waals surface area contributed by atoms with E-state index in [0.29, 0.717) is 17.2 Å². The van der Waals surface area contributed by atoms with Crippen LogP contribution >= 0.6 is 11.6 Å². The molecule has 3 aromatic rings. The molecular weight excluding hydrogens is 400 g/mol. The van der Waals surface area contributed by atoms with Crippen molar-refractivity contribution in [2.75, 3.05) is 9.80 Å². The first-order chi connectivity index (χ1) is 14.4. The van der Waals surface area contributed by atoms with Crippen LogP contribution in [0.4, 0.5) is 11.4 Å². The van der Waals surface area contributed by atoms with E-state index < -0.39 is 0 Å². The highest BCUT2D eigenvalue weighted by Gasteiger charge is 2.38. The largest absolute Gasteiger partial charge is 0.459 e. The van der Waals surface area contributed by atoms with Crippen LogP contribution in [0.15, 0.2) is 65.3 Å². The van der Waals surface area contributed by atoms with Gasteiger partial charge in [0.2, 0.25) is 5.91 Å². The summed E-state index contributed by atoms with van der Waals surface area (Å²) in [5.41, 5.74) is 3.42. The predicted octanol–water partition coefficient (Wildman–Crippen LogP) is 5.77. The smallest absolute Gasteiger partial charge is 0.294 e. The Morgan fingerprint density at radius 1 is 1.13 bits per heavy atom. The number of carbonyl (C=O) groups excluding carboxylic acids is 2. The van der Waals surface area contributed by atoms with E-state index in [-0.39, 0.29) is 23.9 Å². The lowest BCUT2D eigenvalue weighted by Gasteiger charge is -2.43. The summed E-state index contributed by atoms with van der Waals surface area (Å²) in [6.45, 7) is 5.48. The highest BCUT2D eigenvalue weighted by atomic mass is 35.5. The van der Waals surface area contributed by atoms with Crippen LogP contribution in [0.2, 0.25) is 5.02 Å². The van der Waals surface area contributed by atoms with Crippen molar-refractivity contribution in [2.45, 2.75) is 39.3 Å². The van der Waals surface area contributed by atoms with Gasteiger partial charge in [-0.25, -0.2) is 0 Å². The maximum Gasteiger partial charge on any atom is 0.294 e. The highest BCUT2D eigenvalue weighted by Crippen LogP contribution is 2.43. The van der Waals surface area contributed by atoms with Crippen LogP contribution < -0.4 is 9.80 Å². The van der Waals surface area contributed by atoms with Crippen LogP contribution in [0.3, 0.4) is 0 Å². The Bertz CT molecular complexity index is 1090. The Balaban J connectivity index is 1.80. The zero-order chi connectivity index (χ0) is 21.4. The van der Waals surface area contributed by atoms with Crippen LogP contribution in [-0.2, 0) is 4.79 Å². The lowest BCUT2D eigenvalue weighted by Crippen LogP contribution is -2.47. The minimum Gasteiger partial charge on any atom is -0.459 e. The molecule has 4 rings (SSSR count). The number of halogens is 1. The van der Waals surface area contributed by atoms with Crippen molar-refractivity contribution in [3.63, 3.8) is 0 Å². The van der Waals surface area contributed by atoms with E-state index in [1.54, 1.807) is 28.9 Å². The third-order valence-corrected chi connectivity index (χ3v) is 6.01. The summed E-state index contributed by atoms with van der Waals surface area (Å²) < 4.78 is 5.35. The molecule has 30 heavy (non-hydrogen) atoms. The SMILES string of the molecule is CC(=O)N(c1ccc(Cl)c(C)c1)C1CC(C)N(C(=O)c2ccco2)c2ccccc21. The number of rotatable bonds is 3. The number of hydrogen-bond donors (Lipinski definition) is 0. The molecule has 0 fully saturated rings. The number of amides is 2. The van der Waals surface area contributed by atoms with Crippen molar-refractivity contribution in [1.82, 2.24) is 0 Å². The van der Waals surface area contributed by atoms with Gasteiger partial charge in [0.05, 0.1) is 12.3 Å². The maximum absolute atomic E-state index is 13.1. The van der Waals surface area contributed by atoms with Crippen molar-refractivity contribution in [1.29, 1.82) is 0 Å². The third-order valence-electron chi connectivity index (χ3n) is 5.58. The number of fused-ring (bicyclic) bond motifs is 1. The minimum absolute atomic E-state index is 0.0606. The van der Waals surface area contributed by atoms with Crippen LogP contribution in [0, 0.1) is 6.92 Å². The standard InChI is InChI=1S/C24H23ClN2O3/c1-15-13-18(10-11-20(15)25)27(17(3)28)22-14-16(2)26(21-8-5-4-7-19(21)22)24(29)23-9-6-12-30-23/h4-13,16,22H,14H2,1-3H3. The Hall–Kier alpha value is -3.05. The molecule has 0 saturated heterocycles. The summed E-state index contributed by atoms with van der Waals surface area (Å²) in [6, 6.07) is 16.4. The summed E-state index contributed by atoms with van der Waals surface area (Å²) in [5.74, 6) is 0.0523. The molecule has 154 valence electrons. The highest BCUT2D eigenvalue weighted by molar-refractivity contribution is 6.31. The number of anilines is 2. The van der Waals surface area contributed by atoms with Crippen LogP contribution in [0.5, 0.6) is 0 Å². The summed E-state index contributed by atoms with van der Waals surface area (Å²) in [7, 11) is 0. The summed E-state index contributed by atoms with van der Waals surface area (Å²) in [4.78, 5) is 29.4. The first-order valence-electron chi connectivity index (χ1n) is 9.90. The van der Waals surface area contributed by atoms with Gasteiger partial charge in [-0.1, -0.05) is 29.8 Å². The average Bonchev–Trinajstić information content (AvgIpc) is 3.25. The van der Waals surface area contributed by atoms with Gasteiger partial charge >= 0.3 is 0 Å². The van der Waals surface area contributed by atoms with Gasteiger partial charge in [0.1, 0.15) is 0 Å². The second kappa shape index (κ2) is 8.00. The van der Waals surface area contributed by atoms with Crippen molar-refractivity contribution in [3.05, 3.63) is 82.8 Å². The van der Waals surface area contributed by atoms with E-state index in [9.17, 15) is 9.59 Å². The second-order valence-electron chi connectivity index (χ2n) is 7.63. The molecule has 0 radical (unpaired) electrons. The fourth-order valence-corrected chi connectivity index (χ4v) is 4.33. The zero-order valence-electron chi connectivity index (χ0n) is 17.1. The number of furan rings is 1. The predicted molar refractivity (Wildman–Crippen MR) is 118 cm³/mol. The molecule has 1 aliphatic heterocycles. The topological polar surface area (TPSA) is 53.8 Å². The quantitative estimate of drug-likeness (QED) is 0.538.